The molecular weight excluding hydrogens is 257 g/mol. The van der Waals surface area contributed by atoms with Crippen molar-refractivity contribution in [1.82, 2.24) is 14.3 Å². The first kappa shape index (κ1) is 13.1. The van der Waals surface area contributed by atoms with Crippen LogP contribution < -0.4 is 0 Å². The van der Waals surface area contributed by atoms with Gasteiger partial charge in [0.15, 0.2) is 0 Å². The minimum atomic E-state index is -0.308. The smallest absolute Gasteiger partial charge is 0.228 e. The highest BCUT2D eigenvalue weighted by Crippen LogP contribution is 2.17. The molecule has 1 amide bonds. The van der Waals surface area contributed by atoms with Crippen LogP contribution >= 0.6 is 0 Å². The van der Waals surface area contributed by atoms with Crippen LogP contribution in [0.2, 0.25) is 0 Å². The summed E-state index contributed by atoms with van der Waals surface area (Å²) in [5.41, 5.74) is 1.36. The van der Waals surface area contributed by atoms with Crippen molar-refractivity contribution in [3.63, 3.8) is 0 Å². The van der Waals surface area contributed by atoms with Crippen LogP contribution in [0.3, 0.4) is 0 Å². The molecule has 1 aliphatic heterocycles. The lowest BCUT2D eigenvalue weighted by atomic mass is 9.99. The first-order chi connectivity index (χ1) is 9.61. The largest absolute Gasteiger partial charge is 0.342 e. The second-order valence-corrected chi connectivity index (χ2v) is 5.59. The second kappa shape index (κ2) is 5.23. The van der Waals surface area contributed by atoms with Gasteiger partial charge in [0.1, 0.15) is 11.5 Å². The number of imidazole rings is 1. The van der Waals surface area contributed by atoms with E-state index >= 15 is 0 Å². The molecule has 0 atom stereocenters. The van der Waals surface area contributed by atoms with E-state index in [1.807, 2.05) is 4.90 Å². The standard InChI is InChI=1S/C15H18FN3O/c1-11-4-6-18(7-5-11)15(20)8-13-10-19-9-12(16)2-3-14(19)17-13/h2-3,9-11H,4-8H2,1H3. The highest BCUT2D eigenvalue weighted by Gasteiger charge is 2.21. The average Bonchev–Trinajstić information content (AvgIpc) is 2.80. The zero-order chi connectivity index (χ0) is 14.1. The van der Waals surface area contributed by atoms with E-state index in [1.165, 1.54) is 12.3 Å². The van der Waals surface area contributed by atoms with E-state index < -0.39 is 0 Å². The van der Waals surface area contributed by atoms with Gasteiger partial charge in [-0.05, 0) is 30.9 Å². The zero-order valence-electron chi connectivity index (χ0n) is 11.6. The van der Waals surface area contributed by atoms with Crippen LogP contribution in [-0.2, 0) is 11.2 Å². The van der Waals surface area contributed by atoms with Crippen LogP contribution in [0, 0.1) is 11.7 Å². The van der Waals surface area contributed by atoms with Crippen molar-refractivity contribution in [3.05, 3.63) is 36.0 Å². The third-order valence-electron chi connectivity index (χ3n) is 3.93. The second-order valence-electron chi connectivity index (χ2n) is 5.59. The number of hydrogen-bond acceptors (Lipinski definition) is 2. The van der Waals surface area contributed by atoms with Gasteiger partial charge in [-0.2, -0.15) is 0 Å². The Kier molecular flexibility index (Phi) is 3.42. The highest BCUT2D eigenvalue weighted by atomic mass is 19.1. The Morgan fingerprint density at radius 3 is 2.85 bits per heavy atom. The number of fused-ring (bicyclic) bond motifs is 1. The number of rotatable bonds is 2. The molecule has 1 aliphatic rings. The van der Waals surface area contributed by atoms with Crippen LogP contribution in [0.25, 0.3) is 5.65 Å². The van der Waals surface area contributed by atoms with Crippen LogP contribution in [-0.4, -0.2) is 33.3 Å². The SMILES string of the molecule is CC1CCN(C(=O)Cc2cn3cc(F)ccc3n2)CC1. The fourth-order valence-electron chi connectivity index (χ4n) is 2.63. The van der Waals surface area contributed by atoms with Crippen molar-refractivity contribution >= 4 is 11.6 Å². The number of amides is 1. The molecule has 2 aromatic heterocycles. The molecule has 5 heteroatoms. The Labute approximate surface area is 117 Å². The Bertz CT molecular complexity index is 629. The number of halogens is 1. The van der Waals surface area contributed by atoms with Gasteiger partial charge < -0.3 is 9.30 Å². The molecule has 20 heavy (non-hydrogen) atoms. The summed E-state index contributed by atoms with van der Waals surface area (Å²) in [4.78, 5) is 18.5. The van der Waals surface area contributed by atoms with Gasteiger partial charge in [-0.25, -0.2) is 9.37 Å². The van der Waals surface area contributed by atoms with Gasteiger partial charge in [0, 0.05) is 25.5 Å². The Morgan fingerprint density at radius 2 is 2.10 bits per heavy atom. The normalized spacial score (nSPS) is 16.8. The Morgan fingerprint density at radius 1 is 1.35 bits per heavy atom. The fraction of sp³-hybridized carbons (Fsp3) is 0.467. The maximum absolute atomic E-state index is 13.1. The number of pyridine rings is 1. The van der Waals surface area contributed by atoms with Crippen LogP contribution in [0.5, 0.6) is 0 Å². The molecule has 1 fully saturated rings. The molecule has 0 N–H and O–H groups in total. The van der Waals surface area contributed by atoms with Crippen molar-refractivity contribution in [2.75, 3.05) is 13.1 Å². The van der Waals surface area contributed by atoms with Crippen molar-refractivity contribution in [2.24, 2.45) is 5.92 Å². The number of nitrogens with zero attached hydrogens (tertiary/aromatic N) is 3. The fourth-order valence-corrected chi connectivity index (χ4v) is 2.63. The van der Waals surface area contributed by atoms with E-state index in [1.54, 1.807) is 16.7 Å². The number of hydrogen-bond donors (Lipinski definition) is 0. The highest BCUT2D eigenvalue weighted by molar-refractivity contribution is 5.78. The first-order valence-corrected chi connectivity index (χ1v) is 7.03. The Hall–Kier alpha value is -1.91. The molecule has 0 radical (unpaired) electrons. The molecule has 2 aromatic rings. The first-order valence-electron chi connectivity index (χ1n) is 7.03. The molecule has 0 bridgehead atoms. The van der Waals surface area contributed by atoms with Crippen LogP contribution in [0.4, 0.5) is 4.39 Å². The topological polar surface area (TPSA) is 37.6 Å². The maximum atomic E-state index is 13.1. The van der Waals surface area contributed by atoms with Gasteiger partial charge in [0.25, 0.3) is 0 Å². The lowest BCUT2D eigenvalue weighted by Gasteiger charge is -2.30. The molecule has 3 rings (SSSR count). The third-order valence-corrected chi connectivity index (χ3v) is 3.93. The number of carbonyl (C=O) groups excluding carboxylic acids is 1. The molecule has 0 spiro atoms. The predicted octanol–water partition coefficient (Wildman–Crippen LogP) is 2.27. The maximum Gasteiger partial charge on any atom is 0.228 e. The molecule has 4 nitrogen and oxygen atoms in total. The summed E-state index contributed by atoms with van der Waals surface area (Å²) in [7, 11) is 0. The summed E-state index contributed by atoms with van der Waals surface area (Å²) in [5, 5.41) is 0. The number of aromatic nitrogens is 2. The number of likely N-dealkylation sites (tertiary alicyclic amines) is 1. The van der Waals surface area contributed by atoms with E-state index in [9.17, 15) is 9.18 Å². The lowest BCUT2D eigenvalue weighted by Crippen LogP contribution is -2.38. The van der Waals surface area contributed by atoms with E-state index in [2.05, 4.69) is 11.9 Å². The van der Waals surface area contributed by atoms with Gasteiger partial charge in [-0.15, -0.1) is 0 Å². The molecule has 0 unspecified atom stereocenters. The monoisotopic (exact) mass is 275 g/mol. The quantitative estimate of drug-likeness (QED) is 0.843. The van der Waals surface area contributed by atoms with Crippen LogP contribution in [0.15, 0.2) is 24.5 Å². The predicted molar refractivity (Wildman–Crippen MR) is 73.8 cm³/mol. The average molecular weight is 275 g/mol. The molecule has 1 saturated heterocycles. The van der Waals surface area contributed by atoms with Gasteiger partial charge in [0.2, 0.25) is 5.91 Å². The Balaban J connectivity index is 1.71. The van der Waals surface area contributed by atoms with E-state index in [4.69, 9.17) is 0 Å². The summed E-state index contributed by atoms with van der Waals surface area (Å²) < 4.78 is 14.7. The summed E-state index contributed by atoms with van der Waals surface area (Å²) in [6, 6.07) is 2.99. The minimum Gasteiger partial charge on any atom is -0.342 e. The van der Waals surface area contributed by atoms with Crippen molar-refractivity contribution < 1.29 is 9.18 Å². The molecule has 0 aliphatic carbocycles. The van der Waals surface area contributed by atoms with E-state index in [0.29, 0.717) is 17.3 Å². The van der Waals surface area contributed by atoms with Crippen LogP contribution in [0.1, 0.15) is 25.5 Å². The van der Waals surface area contributed by atoms with E-state index in [-0.39, 0.29) is 18.1 Å². The van der Waals surface area contributed by atoms with Gasteiger partial charge in [-0.3, -0.25) is 4.79 Å². The number of piperidine rings is 1. The molecule has 0 saturated carbocycles. The minimum absolute atomic E-state index is 0.112. The summed E-state index contributed by atoms with van der Waals surface area (Å²) in [5.74, 6) is 0.510. The molecule has 106 valence electrons. The van der Waals surface area contributed by atoms with Gasteiger partial charge >= 0.3 is 0 Å². The van der Waals surface area contributed by atoms with Crippen molar-refractivity contribution in [3.8, 4) is 0 Å². The third kappa shape index (κ3) is 2.66. The van der Waals surface area contributed by atoms with Crippen molar-refractivity contribution in [2.45, 2.75) is 26.2 Å². The zero-order valence-corrected chi connectivity index (χ0v) is 11.6. The summed E-state index contributed by atoms with van der Waals surface area (Å²) in [6.45, 7) is 3.89. The summed E-state index contributed by atoms with van der Waals surface area (Å²) >= 11 is 0. The van der Waals surface area contributed by atoms with Gasteiger partial charge in [-0.1, -0.05) is 6.92 Å². The van der Waals surface area contributed by atoms with Gasteiger partial charge in [0.05, 0.1) is 12.1 Å². The molecule has 3 heterocycles. The molecular formula is C15H18FN3O. The molecule has 0 aromatic carbocycles. The van der Waals surface area contributed by atoms with Crippen molar-refractivity contribution in [1.29, 1.82) is 0 Å². The lowest BCUT2D eigenvalue weighted by molar-refractivity contribution is -0.131. The number of carbonyl (C=O) groups is 1. The van der Waals surface area contributed by atoms with E-state index in [0.717, 1.165) is 25.9 Å². The summed E-state index contributed by atoms with van der Waals surface area (Å²) in [6.07, 6.45) is 5.53.